The highest BCUT2D eigenvalue weighted by Gasteiger charge is 2.22. The Labute approximate surface area is 301 Å². The maximum absolute atomic E-state index is 6.41. The molecule has 0 atom stereocenters. The number of hydrogen-bond donors (Lipinski definition) is 0. The van der Waals surface area contributed by atoms with Gasteiger partial charge in [-0.1, -0.05) is 91.0 Å². The molecule has 12 aromatic rings. The van der Waals surface area contributed by atoms with E-state index in [2.05, 4.69) is 167 Å². The summed E-state index contributed by atoms with van der Waals surface area (Å²) in [6, 6.07) is 61.8. The molecule has 3 nitrogen and oxygen atoms in total. The molecule has 0 amide bonds. The van der Waals surface area contributed by atoms with Crippen LogP contribution in [0.2, 0.25) is 0 Å². The minimum atomic E-state index is 0.892. The maximum Gasteiger partial charge on any atom is 0.137 e. The molecule has 0 aliphatic heterocycles. The third-order valence-corrected chi connectivity index (χ3v) is 12.0. The van der Waals surface area contributed by atoms with Gasteiger partial charge in [0, 0.05) is 69.9 Å². The molecule has 0 radical (unpaired) electrons. The first-order valence-corrected chi connectivity index (χ1v) is 18.5. The summed E-state index contributed by atoms with van der Waals surface area (Å²) in [6.07, 6.45) is 0. The van der Waals surface area contributed by atoms with E-state index >= 15 is 0 Å². The van der Waals surface area contributed by atoms with Gasteiger partial charge in [-0.2, -0.15) is 0 Å². The molecule has 0 bridgehead atoms. The molecule has 0 saturated heterocycles. The molecule has 0 N–H and O–H groups in total. The summed E-state index contributed by atoms with van der Waals surface area (Å²) in [6.45, 7) is 0. The fourth-order valence-electron chi connectivity index (χ4n) is 8.64. The first kappa shape index (κ1) is 28.1. The van der Waals surface area contributed by atoms with E-state index in [-0.39, 0.29) is 0 Å². The van der Waals surface area contributed by atoms with Crippen LogP contribution >= 0.6 is 11.3 Å². The van der Waals surface area contributed by atoms with E-state index in [0.717, 1.165) is 33.3 Å². The largest absolute Gasteiger partial charge is 0.456 e. The van der Waals surface area contributed by atoms with Crippen LogP contribution in [0.3, 0.4) is 0 Å². The van der Waals surface area contributed by atoms with Gasteiger partial charge in [0.05, 0.1) is 22.1 Å². The van der Waals surface area contributed by atoms with Gasteiger partial charge >= 0.3 is 0 Å². The number of fused-ring (bicyclic) bond motifs is 13. The molecule has 4 aromatic heterocycles. The molecule has 0 unspecified atom stereocenters. The second-order valence-corrected chi connectivity index (χ2v) is 14.8. The van der Waals surface area contributed by atoms with Crippen molar-refractivity contribution in [2.24, 2.45) is 0 Å². The van der Waals surface area contributed by atoms with Crippen LogP contribution in [0.4, 0.5) is 0 Å². The normalized spacial score (nSPS) is 12.2. The van der Waals surface area contributed by atoms with Gasteiger partial charge in [-0.05, 0) is 83.9 Å². The van der Waals surface area contributed by atoms with Crippen LogP contribution in [0.15, 0.2) is 174 Å². The van der Waals surface area contributed by atoms with Gasteiger partial charge in [-0.25, -0.2) is 0 Å². The van der Waals surface area contributed by atoms with E-state index in [0.29, 0.717) is 0 Å². The van der Waals surface area contributed by atoms with Gasteiger partial charge in [0.1, 0.15) is 11.2 Å². The summed E-state index contributed by atoms with van der Waals surface area (Å²) in [5, 5.41) is 9.92. The zero-order valence-corrected chi connectivity index (χ0v) is 28.7. The number of para-hydroxylation sites is 3. The lowest BCUT2D eigenvalue weighted by molar-refractivity contribution is 0.668. The summed E-state index contributed by atoms with van der Waals surface area (Å²) in [4.78, 5) is 0. The Morgan fingerprint density at radius 1 is 0.346 bits per heavy atom. The second-order valence-electron chi connectivity index (χ2n) is 13.7. The Bertz CT molecular complexity index is 3410. The van der Waals surface area contributed by atoms with Crippen molar-refractivity contribution >= 4 is 97.1 Å². The molecule has 52 heavy (non-hydrogen) atoms. The molecule has 8 aromatic carbocycles. The molecular formula is C48H28N2OS. The highest BCUT2D eigenvalue weighted by Crippen LogP contribution is 2.44. The van der Waals surface area contributed by atoms with Gasteiger partial charge in [-0.15, -0.1) is 11.3 Å². The van der Waals surface area contributed by atoms with Crippen molar-refractivity contribution in [3.05, 3.63) is 170 Å². The molecule has 12 rings (SSSR count). The molecule has 242 valence electrons. The van der Waals surface area contributed by atoms with Crippen LogP contribution < -0.4 is 0 Å². The second kappa shape index (κ2) is 10.5. The Morgan fingerprint density at radius 2 is 0.942 bits per heavy atom. The average Bonchev–Trinajstić information content (AvgIpc) is 3.94. The molecular weight excluding hydrogens is 653 g/mol. The fraction of sp³-hybridized carbons (Fsp3) is 0. The van der Waals surface area contributed by atoms with E-state index in [1.165, 1.54) is 74.9 Å². The van der Waals surface area contributed by atoms with Gasteiger partial charge < -0.3 is 13.6 Å². The number of hydrogen-bond acceptors (Lipinski definition) is 2. The minimum absolute atomic E-state index is 0.892. The van der Waals surface area contributed by atoms with Crippen molar-refractivity contribution < 1.29 is 4.42 Å². The standard InChI is InChI=1S/C48H28N2OS/c1-2-10-31(11-3-1)49-39-15-7-4-14-37(39)47-41(49)24-25-42-48(47)38-26-29(30-18-21-36-35-13-6-9-17-45(35)52-46(36)27-30)19-23-40(38)50(42)32-20-22-34-33-12-5-8-16-43(33)51-44(34)28-32/h1-28H. The Hall–Kier alpha value is -6.62. The lowest BCUT2D eigenvalue weighted by atomic mass is 10.00. The maximum atomic E-state index is 6.41. The molecule has 0 saturated carbocycles. The Morgan fingerprint density at radius 3 is 1.83 bits per heavy atom. The summed E-state index contributed by atoms with van der Waals surface area (Å²) >= 11 is 1.87. The van der Waals surface area contributed by atoms with Crippen LogP contribution in [-0.4, -0.2) is 9.13 Å². The monoisotopic (exact) mass is 680 g/mol. The van der Waals surface area contributed by atoms with Gasteiger partial charge in [0.25, 0.3) is 0 Å². The Kier molecular flexibility index (Phi) is 5.65. The fourth-order valence-corrected chi connectivity index (χ4v) is 9.79. The predicted octanol–water partition coefficient (Wildman–Crippen LogP) is 13.8. The summed E-state index contributed by atoms with van der Waals surface area (Å²) in [5.74, 6) is 0. The molecule has 0 spiro atoms. The average molecular weight is 681 g/mol. The first-order chi connectivity index (χ1) is 25.8. The molecule has 0 aliphatic rings. The number of furan rings is 1. The molecule has 4 heteroatoms. The SMILES string of the molecule is c1ccc(-n2c3ccccc3c3c4c5cc(-c6ccc7c(c6)sc6ccccc67)ccc5n(-c5ccc6c(c5)oc5ccccc56)c4ccc32)cc1. The van der Waals surface area contributed by atoms with Gasteiger partial charge in [0.2, 0.25) is 0 Å². The van der Waals surface area contributed by atoms with Crippen LogP contribution in [-0.2, 0) is 0 Å². The Balaban J connectivity index is 1.19. The van der Waals surface area contributed by atoms with Crippen molar-refractivity contribution in [3.8, 4) is 22.5 Å². The van der Waals surface area contributed by atoms with E-state index in [9.17, 15) is 0 Å². The summed E-state index contributed by atoms with van der Waals surface area (Å²) in [5.41, 5.74) is 11.2. The van der Waals surface area contributed by atoms with E-state index in [1.807, 2.05) is 23.5 Å². The number of aromatic nitrogens is 2. The summed E-state index contributed by atoms with van der Waals surface area (Å²) in [7, 11) is 0. The predicted molar refractivity (Wildman–Crippen MR) is 221 cm³/mol. The van der Waals surface area contributed by atoms with Gasteiger partial charge in [0.15, 0.2) is 0 Å². The summed E-state index contributed by atoms with van der Waals surface area (Å²) < 4.78 is 13.9. The van der Waals surface area contributed by atoms with Crippen molar-refractivity contribution in [2.75, 3.05) is 0 Å². The van der Waals surface area contributed by atoms with Crippen molar-refractivity contribution in [3.63, 3.8) is 0 Å². The minimum Gasteiger partial charge on any atom is -0.456 e. The lowest BCUT2D eigenvalue weighted by Crippen LogP contribution is -1.94. The topological polar surface area (TPSA) is 23.0 Å². The molecule has 4 heterocycles. The van der Waals surface area contributed by atoms with E-state index in [1.54, 1.807) is 0 Å². The van der Waals surface area contributed by atoms with Crippen LogP contribution in [0.1, 0.15) is 0 Å². The molecule has 0 aliphatic carbocycles. The van der Waals surface area contributed by atoms with Crippen molar-refractivity contribution in [1.82, 2.24) is 9.13 Å². The van der Waals surface area contributed by atoms with E-state index < -0.39 is 0 Å². The number of rotatable bonds is 3. The number of benzene rings is 8. The lowest BCUT2D eigenvalue weighted by Gasteiger charge is -2.09. The van der Waals surface area contributed by atoms with E-state index in [4.69, 9.17) is 4.42 Å². The highest BCUT2D eigenvalue weighted by atomic mass is 32.1. The number of nitrogens with zero attached hydrogens (tertiary/aromatic N) is 2. The smallest absolute Gasteiger partial charge is 0.137 e. The van der Waals surface area contributed by atoms with Crippen LogP contribution in [0.5, 0.6) is 0 Å². The van der Waals surface area contributed by atoms with Crippen molar-refractivity contribution in [1.29, 1.82) is 0 Å². The quantitative estimate of drug-likeness (QED) is 0.182. The zero-order valence-electron chi connectivity index (χ0n) is 27.9. The highest BCUT2D eigenvalue weighted by molar-refractivity contribution is 7.25. The molecule has 0 fully saturated rings. The van der Waals surface area contributed by atoms with Crippen molar-refractivity contribution in [2.45, 2.75) is 0 Å². The van der Waals surface area contributed by atoms with Crippen LogP contribution in [0, 0.1) is 0 Å². The zero-order chi connectivity index (χ0) is 33.9. The third-order valence-electron chi connectivity index (χ3n) is 10.9. The van der Waals surface area contributed by atoms with Crippen LogP contribution in [0.25, 0.3) is 108 Å². The number of thiophene rings is 1. The van der Waals surface area contributed by atoms with Gasteiger partial charge in [-0.3, -0.25) is 0 Å². The first-order valence-electron chi connectivity index (χ1n) is 17.7. The third kappa shape index (κ3) is 3.84.